The van der Waals surface area contributed by atoms with E-state index in [-0.39, 0.29) is 5.75 Å². The van der Waals surface area contributed by atoms with Crippen LogP contribution < -0.4 is 0 Å². The second kappa shape index (κ2) is 7.36. The molecule has 2 aromatic rings. The molecule has 0 spiro atoms. The molecular weight excluding hydrogens is 334 g/mol. The van der Waals surface area contributed by atoms with Crippen LogP contribution in [0.4, 0.5) is 0 Å². The second-order valence-corrected chi connectivity index (χ2v) is 7.04. The summed E-state index contributed by atoms with van der Waals surface area (Å²) >= 11 is 7.20. The van der Waals surface area contributed by atoms with Gasteiger partial charge in [-0.2, -0.15) is 0 Å². The van der Waals surface area contributed by atoms with Crippen LogP contribution in [0.5, 0.6) is 0 Å². The van der Waals surface area contributed by atoms with Gasteiger partial charge in [0.05, 0.1) is 5.75 Å². The average molecular weight is 352 g/mol. The van der Waals surface area contributed by atoms with Crippen molar-refractivity contribution in [3.8, 4) is 11.4 Å². The highest BCUT2D eigenvalue weighted by molar-refractivity contribution is 7.99. The van der Waals surface area contributed by atoms with Crippen molar-refractivity contribution in [1.29, 1.82) is 0 Å². The van der Waals surface area contributed by atoms with Gasteiger partial charge in [-0.1, -0.05) is 42.6 Å². The van der Waals surface area contributed by atoms with Gasteiger partial charge < -0.3 is 5.11 Å². The minimum absolute atomic E-state index is 0.00846. The Morgan fingerprint density at radius 1 is 1.22 bits per heavy atom. The first-order valence-electron chi connectivity index (χ1n) is 7.70. The highest BCUT2D eigenvalue weighted by Crippen LogP contribution is 2.35. The smallest absolute Gasteiger partial charge is 0.313 e. The summed E-state index contributed by atoms with van der Waals surface area (Å²) in [6, 6.07) is 7.86. The van der Waals surface area contributed by atoms with Gasteiger partial charge in [-0.3, -0.25) is 9.36 Å². The minimum Gasteiger partial charge on any atom is -0.481 e. The fourth-order valence-electron chi connectivity index (χ4n) is 2.97. The predicted octanol–water partition coefficient (Wildman–Crippen LogP) is 4.28. The number of carboxylic acid groups (broad SMARTS) is 1. The number of aliphatic carboxylic acids is 1. The molecule has 3 rings (SSSR count). The summed E-state index contributed by atoms with van der Waals surface area (Å²) in [5.41, 5.74) is 0.953. The van der Waals surface area contributed by atoms with E-state index in [0.29, 0.717) is 16.2 Å². The summed E-state index contributed by atoms with van der Waals surface area (Å²) in [7, 11) is 0. The summed E-state index contributed by atoms with van der Waals surface area (Å²) < 4.78 is 2.12. The largest absolute Gasteiger partial charge is 0.481 e. The molecular formula is C16H18ClN3O2S. The summed E-state index contributed by atoms with van der Waals surface area (Å²) in [6.45, 7) is 0. The van der Waals surface area contributed by atoms with Gasteiger partial charge in [-0.15, -0.1) is 10.2 Å². The van der Waals surface area contributed by atoms with Crippen LogP contribution in [0, 0.1) is 0 Å². The first kappa shape index (κ1) is 16.3. The van der Waals surface area contributed by atoms with Crippen molar-refractivity contribution in [2.24, 2.45) is 0 Å². The minimum atomic E-state index is -0.846. The molecule has 0 aliphatic heterocycles. The number of benzene rings is 1. The first-order valence-corrected chi connectivity index (χ1v) is 9.07. The lowest BCUT2D eigenvalue weighted by Gasteiger charge is -2.25. The second-order valence-electron chi connectivity index (χ2n) is 5.66. The van der Waals surface area contributed by atoms with Crippen LogP contribution in [0.25, 0.3) is 11.4 Å². The molecule has 1 aromatic carbocycles. The third-order valence-electron chi connectivity index (χ3n) is 4.03. The maximum absolute atomic E-state index is 10.9. The SMILES string of the molecule is O=C(O)CSc1nnc(-c2ccc(Cl)cc2)n1C1CCCCC1. The molecule has 0 unspecified atom stereocenters. The highest BCUT2D eigenvalue weighted by atomic mass is 35.5. The van der Waals surface area contributed by atoms with Crippen molar-refractivity contribution in [3.63, 3.8) is 0 Å². The Morgan fingerprint density at radius 2 is 1.91 bits per heavy atom. The molecule has 0 atom stereocenters. The number of rotatable bonds is 5. The standard InChI is InChI=1S/C16H18ClN3O2S/c17-12-8-6-11(7-9-12)15-18-19-16(23-10-14(21)22)20(15)13-4-2-1-3-5-13/h6-9,13H,1-5,10H2,(H,21,22). The molecule has 1 aromatic heterocycles. The van der Waals surface area contributed by atoms with E-state index in [1.165, 1.54) is 31.0 Å². The highest BCUT2D eigenvalue weighted by Gasteiger charge is 2.24. The number of thioether (sulfide) groups is 1. The molecule has 7 heteroatoms. The van der Waals surface area contributed by atoms with Crippen molar-refractivity contribution < 1.29 is 9.90 Å². The Hall–Kier alpha value is -1.53. The zero-order valence-corrected chi connectivity index (χ0v) is 14.2. The molecule has 1 N–H and O–H groups in total. The Balaban J connectivity index is 1.97. The molecule has 1 saturated carbocycles. The molecule has 1 aliphatic carbocycles. The summed E-state index contributed by atoms with van der Waals surface area (Å²) in [5, 5.41) is 18.9. The molecule has 0 saturated heterocycles. The van der Waals surface area contributed by atoms with Crippen LogP contribution in [-0.4, -0.2) is 31.6 Å². The molecule has 1 aliphatic rings. The molecule has 0 bridgehead atoms. The van der Waals surface area contributed by atoms with E-state index in [2.05, 4.69) is 14.8 Å². The number of carbonyl (C=O) groups is 1. The lowest BCUT2D eigenvalue weighted by molar-refractivity contribution is -0.133. The van der Waals surface area contributed by atoms with E-state index in [0.717, 1.165) is 24.2 Å². The first-order chi connectivity index (χ1) is 11.1. The fraction of sp³-hybridized carbons (Fsp3) is 0.438. The van der Waals surface area contributed by atoms with Gasteiger partial charge in [0, 0.05) is 16.6 Å². The van der Waals surface area contributed by atoms with Gasteiger partial charge in [0.15, 0.2) is 11.0 Å². The van der Waals surface area contributed by atoms with Crippen molar-refractivity contribution >= 4 is 29.3 Å². The van der Waals surface area contributed by atoms with E-state index in [9.17, 15) is 4.79 Å². The predicted molar refractivity (Wildman–Crippen MR) is 90.9 cm³/mol. The number of hydrogen-bond acceptors (Lipinski definition) is 4. The lowest BCUT2D eigenvalue weighted by atomic mass is 9.95. The quantitative estimate of drug-likeness (QED) is 0.814. The van der Waals surface area contributed by atoms with E-state index >= 15 is 0 Å². The van der Waals surface area contributed by atoms with Crippen LogP contribution in [0.3, 0.4) is 0 Å². The number of aromatic nitrogens is 3. The Bertz CT molecular complexity index is 681. The number of halogens is 1. The van der Waals surface area contributed by atoms with Crippen LogP contribution in [0.1, 0.15) is 38.1 Å². The Kier molecular flexibility index (Phi) is 5.23. The Labute approximate surface area is 144 Å². The van der Waals surface area contributed by atoms with Crippen molar-refractivity contribution in [1.82, 2.24) is 14.8 Å². The lowest BCUT2D eigenvalue weighted by Crippen LogP contribution is -2.15. The summed E-state index contributed by atoms with van der Waals surface area (Å²) in [5.74, 6) is -0.0615. The van der Waals surface area contributed by atoms with Gasteiger partial charge >= 0.3 is 5.97 Å². The van der Waals surface area contributed by atoms with Gasteiger partial charge in [0.25, 0.3) is 0 Å². The third kappa shape index (κ3) is 3.87. The normalized spacial score (nSPS) is 15.7. The molecule has 122 valence electrons. The molecule has 23 heavy (non-hydrogen) atoms. The monoisotopic (exact) mass is 351 g/mol. The van der Waals surface area contributed by atoms with Gasteiger partial charge in [-0.05, 0) is 37.1 Å². The molecule has 0 radical (unpaired) electrons. The number of hydrogen-bond donors (Lipinski definition) is 1. The average Bonchev–Trinajstić information content (AvgIpc) is 2.98. The maximum Gasteiger partial charge on any atom is 0.313 e. The van der Waals surface area contributed by atoms with Crippen molar-refractivity contribution in [2.75, 3.05) is 5.75 Å². The van der Waals surface area contributed by atoms with E-state index < -0.39 is 5.97 Å². The summed E-state index contributed by atoms with van der Waals surface area (Å²) in [4.78, 5) is 10.9. The van der Waals surface area contributed by atoms with E-state index in [1.54, 1.807) is 0 Å². The Morgan fingerprint density at radius 3 is 2.57 bits per heavy atom. The zero-order chi connectivity index (χ0) is 16.2. The van der Waals surface area contributed by atoms with Crippen LogP contribution in [-0.2, 0) is 4.79 Å². The topological polar surface area (TPSA) is 68.0 Å². The molecule has 1 fully saturated rings. The maximum atomic E-state index is 10.9. The zero-order valence-electron chi connectivity index (χ0n) is 12.6. The van der Waals surface area contributed by atoms with Crippen LogP contribution >= 0.6 is 23.4 Å². The van der Waals surface area contributed by atoms with Crippen molar-refractivity contribution in [2.45, 2.75) is 43.3 Å². The number of carboxylic acids is 1. The van der Waals surface area contributed by atoms with E-state index in [1.807, 2.05) is 24.3 Å². The van der Waals surface area contributed by atoms with Crippen LogP contribution in [0.2, 0.25) is 5.02 Å². The van der Waals surface area contributed by atoms with Crippen LogP contribution in [0.15, 0.2) is 29.4 Å². The van der Waals surface area contributed by atoms with Gasteiger partial charge in [-0.25, -0.2) is 0 Å². The number of nitrogens with zero attached hydrogens (tertiary/aromatic N) is 3. The van der Waals surface area contributed by atoms with Gasteiger partial charge in [0.1, 0.15) is 0 Å². The van der Waals surface area contributed by atoms with Gasteiger partial charge in [0.2, 0.25) is 0 Å². The third-order valence-corrected chi connectivity index (χ3v) is 5.21. The summed E-state index contributed by atoms with van der Waals surface area (Å²) in [6.07, 6.45) is 5.79. The van der Waals surface area contributed by atoms with E-state index in [4.69, 9.17) is 16.7 Å². The molecule has 1 heterocycles. The molecule has 5 nitrogen and oxygen atoms in total. The van der Waals surface area contributed by atoms with Crippen molar-refractivity contribution in [3.05, 3.63) is 29.3 Å². The fourth-order valence-corrected chi connectivity index (χ4v) is 3.82. The molecule has 0 amide bonds.